The van der Waals surface area contributed by atoms with E-state index in [4.69, 9.17) is 0 Å². The third-order valence-electron chi connectivity index (χ3n) is 4.25. The van der Waals surface area contributed by atoms with E-state index in [0.29, 0.717) is 17.3 Å². The lowest BCUT2D eigenvalue weighted by Gasteiger charge is -2.09. The SMILES string of the molecule is CC(C)n1cnc(S(=O)(=O)Nc2ccc(Nc3ccc(-n4cccn4)nn3)cc2)c1. The van der Waals surface area contributed by atoms with E-state index in [-0.39, 0.29) is 11.1 Å². The van der Waals surface area contributed by atoms with Crippen LogP contribution in [0.2, 0.25) is 0 Å². The second-order valence-corrected chi connectivity index (χ2v) is 8.42. The van der Waals surface area contributed by atoms with Crippen LogP contribution in [0.5, 0.6) is 0 Å². The molecule has 3 aromatic heterocycles. The molecule has 0 saturated carbocycles. The summed E-state index contributed by atoms with van der Waals surface area (Å²) >= 11 is 0. The molecule has 11 heteroatoms. The highest BCUT2D eigenvalue weighted by Gasteiger charge is 2.18. The molecule has 1 aromatic carbocycles. The first kappa shape index (κ1) is 19.6. The van der Waals surface area contributed by atoms with Crippen LogP contribution in [0, 0.1) is 0 Å². The Labute approximate surface area is 173 Å². The molecular formula is C19H20N8O2S. The van der Waals surface area contributed by atoms with E-state index in [2.05, 4.69) is 30.3 Å². The van der Waals surface area contributed by atoms with Gasteiger partial charge < -0.3 is 9.88 Å². The third-order valence-corrected chi connectivity index (χ3v) is 5.51. The number of hydrogen-bond donors (Lipinski definition) is 2. The molecule has 4 rings (SSSR count). The Morgan fingerprint density at radius 3 is 2.37 bits per heavy atom. The van der Waals surface area contributed by atoms with Gasteiger partial charge in [-0.25, -0.2) is 9.67 Å². The van der Waals surface area contributed by atoms with Crippen molar-refractivity contribution in [1.82, 2.24) is 29.5 Å². The number of nitrogens with zero attached hydrogens (tertiary/aromatic N) is 6. The fourth-order valence-electron chi connectivity index (χ4n) is 2.63. The minimum absolute atomic E-state index is 0.0223. The van der Waals surface area contributed by atoms with Gasteiger partial charge in [-0.15, -0.1) is 10.2 Å². The van der Waals surface area contributed by atoms with Gasteiger partial charge in [0.25, 0.3) is 10.0 Å². The van der Waals surface area contributed by atoms with E-state index < -0.39 is 10.0 Å². The van der Waals surface area contributed by atoms with Crippen LogP contribution in [0.1, 0.15) is 19.9 Å². The topological polar surface area (TPSA) is 120 Å². The smallest absolute Gasteiger partial charge is 0.280 e. The van der Waals surface area contributed by atoms with Gasteiger partial charge >= 0.3 is 0 Å². The van der Waals surface area contributed by atoms with Gasteiger partial charge in [-0.1, -0.05) is 0 Å². The fraction of sp³-hybridized carbons (Fsp3) is 0.158. The third kappa shape index (κ3) is 4.30. The molecule has 10 nitrogen and oxygen atoms in total. The van der Waals surface area contributed by atoms with Crippen molar-refractivity contribution < 1.29 is 8.42 Å². The zero-order valence-electron chi connectivity index (χ0n) is 16.3. The number of anilines is 3. The standard InChI is InChI=1S/C19H20N8O2S/c1-14(2)26-12-19(20-13-26)30(28,29)25-16-6-4-15(5-7-16)22-17-8-9-18(24-23-17)27-11-3-10-21-27/h3-14,25H,1-2H3,(H,22,23). The minimum Gasteiger partial charge on any atom is -0.339 e. The first-order chi connectivity index (χ1) is 14.4. The zero-order chi connectivity index (χ0) is 21.1. The lowest BCUT2D eigenvalue weighted by atomic mass is 10.3. The summed E-state index contributed by atoms with van der Waals surface area (Å²) in [6.45, 7) is 3.90. The Morgan fingerprint density at radius 2 is 1.77 bits per heavy atom. The molecule has 3 heterocycles. The lowest BCUT2D eigenvalue weighted by Crippen LogP contribution is -2.13. The summed E-state index contributed by atoms with van der Waals surface area (Å²) in [5.41, 5.74) is 1.17. The van der Waals surface area contributed by atoms with Crippen molar-refractivity contribution in [1.29, 1.82) is 0 Å². The van der Waals surface area contributed by atoms with Crippen LogP contribution in [0.4, 0.5) is 17.2 Å². The summed E-state index contributed by atoms with van der Waals surface area (Å²) in [5.74, 6) is 1.16. The predicted molar refractivity (Wildman–Crippen MR) is 112 cm³/mol. The van der Waals surface area contributed by atoms with Gasteiger partial charge in [0.1, 0.15) is 0 Å². The first-order valence-corrected chi connectivity index (χ1v) is 10.7. The molecule has 0 spiro atoms. The summed E-state index contributed by atoms with van der Waals surface area (Å²) in [6.07, 6.45) is 6.46. The Balaban J connectivity index is 1.42. The number of nitrogens with one attached hydrogen (secondary N) is 2. The molecule has 154 valence electrons. The van der Waals surface area contributed by atoms with E-state index >= 15 is 0 Å². The van der Waals surface area contributed by atoms with Crippen molar-refractivity contribution in [3.63, 3.8) is 0 Å². The van der Waals surface area contributed by atoms with Gasteiger partial charge in [0.05, 0.1) is 6.33 Å². The number of rotatable bonds is 7. The second kappa shape index (κ2) is 7.95. The average molecular weight is 424 g/mol. The van der Waals surface area contributed by atoms with E-state index in [0.717, 1.165) is 5.69 Å². The van der Waals surface area contributed by atoms with Crippen molar-refractivity contribution in [3.8, 4) is 5.82 Å². The van der Waals surface area contributed by atoms with Gasteiger partial charge in [-0.2, -0.15) is 13.5 Å². The Bertz CT molecular complexity index is 1210. The highest BCUT2D eigenvalue weighted by Crippen LogP contribution is 2.20. The van der Waals surface area contributed by atoms with Gasteiger partial charge in [0, 0.05) is 36.0 Å². The Morgan fingerprint density at radius 1 is 1.00 bits per heavy atom. The monoisotopic (exact) mass is 424 g/mol. The summed E-state index contributed by atoms with van der Waals surface area (Å²) in [4.78, 5) is 3.98. The molecule has 0 atom stereocenters. The van der Waals surface area contributed by atoms with Gasteiger partial charge in [0.2, 0.25) is 0 Å². The van der Waals surface area contributed by atoms with Crippen LogP contribution in [0.25, 0.3) is 5.82 Å². The van der Waals surface area contributed by atoms with Crippen molar-refractivity contribution in [2.75, 3.05) is 10.0 Å². The van der Waals surface area contributed by atoms with E-state index in [1.165, 1.54) is 12.5 Å². The zero-order valence-corrected chi connectivity index (χ0v) is 17.2. The number of benzene rings is 1. The molecule has 0 unspecified atom stereocenters. The van der Waals surface area contributed by atoms with Gasteiger partial charge in [-0.3, -0.25) is 4.72 Å². The van der Waals surface area contributed by atoms with Crippen molar-refractivity contribution in [3.05, 3.63) is 67.4 Å². The van der Waals surface area contributed by atoms with Crippen molar-refractivity contribution >= 4 is 27.2 Å². The van der Waals surface area contributed by atoms with Crippen LogP contribution < -0.4 is 10.0 Å². The molecule has 0 bridgehead atoms. The largest absolute Gasteiger partial charge is 0.339 e. The quantitative estimate of drug-likeness (QED) is 0.468. The second-order valence-electron chi connectivity index (χ2n) is 6.79. The van der Waals surface area contributed by atoms with Crippen LogP contribution in [-0.2, 0) is 10.0 Å². The van der Waals surface area contributed by atoms with Crippen LogP contribution in [-0.4, -0.2) is 37.9 Å². The first-order valence-electron chi connectivity index (χ1n) is 9.18. The van der Waals surface area contributed by atoms with E-state index in [1.54, 1.807) is 64.1 Å². The fourth-order valence-corrected chi connectivity index (χ4v) is 3.63. The number of sulfonamides is 1. The Kier molecular flexibility index (Phi) is 5.19. The van der Waals surface area contributed by atoms with Crippen LogP contribution in [0.3, 0.4) is 0 Å². The molecule has 2 N–H and O–H groups in total. The Hall–Kier alpha value is -3.73. The molecule has 0 aliphatic rings. The number of aromatic nitrogens is 6. The van der Waals surface area contributed by atoms with Crippen molar-refractivity contribution in [2.45, 2.75) is 24.9 Å². The minimum atomic E-state index is -3.76. The number of imidazole rings is 1. The molecule has 0 fully saturated rings. The van der Waals surface area contributed by atoms with Gasteiger partial charge in [0.15, 0.2) is 16.7 Å². The summed E-state index contributed by atoms with van der Waals surface area (Å²) in [7, 11) is -3.76. The molecule has 0 aliphatic carbocycles. The summed E-state index contributed by atoms with van der Waals surface area (Å²) in [5, 5.41) is 15.4. The molecule has 30 heavy (non-hydrogen) atoms. The molecule has 0 radical (unpaired) electrons. The van der Waals surface area contributed by atoms with Crippen molar-refractivity contribution in [2.24, 2.45) is 0 Å². The van der Waals surface area contributed by atoms with Gasteiger partial charge in [-0.05, 0) is 56.3 Å². The maximum atomic E-state index is 12.5. The van der Waals surface area contributed by atoms with Crippen LogP contribution >= 0.6 is 0 Å². The highest BCUT2D eigenvalue weighted by atomic mass is 32.2. The molecule has 0 amide bonds. The summed E-state index contributed by atoms with van der Waals surface area (Å²) < 4.78 is 30.9. The summed E-state index contributed by atoms with van der Waals surface area (Å²) in [6, 6.07) is 12.3. The maximum absolute atomic E-state index is 12.5. The maximum Gasteiger partial charge on any atom is 0.280 e. The molecule has 0 saturated heterocycles. The highest BCUT2D eigenvalue weighted by molar-refractivity contribution is 7.92. The normalized spacial score (nSPS) is 11.6. The van der Waals surface area contributed by atoms with Crippen LogP contribution in [0.15, 0.2) is 72.4 Å². The number of hydrogen-bond acceptors (Lipinski definition) is 7. The molecular weight excluding hydrogens is 404 g/mol. The van der Waals surface area contributed by atoms with E-state index in [9.17, 15) is 8.42 Å². The average Bonchev–Trinajstić information content (AvgIpc) is 3.43. The van der Waals surface area contributed by atoms with E-state index in [1.807, 2.05) is 13.8 Å². The molecule has 0 aliphatic heterocycles. The lowest BCUT2D eigenvalue weighted by molar-refractivity contribution is 0.591. The molecule has 4 aromatic rings. The predicted octanol–water partition coefficient (Wildman–Crippen LogP) is 2.98.